The fourth-order valence-electron chi connectivity index (χ4n) is 2.40. The molecule has 0 atom stereocenters. The zero-order valence-electron chi connectivity index (χ0n) is 14.5. The van der Waals surface area contributed by atoms with E-state index >= 15 is 0 Å². The Labute approximate surface area is 153 Å². The molecule has 1 amide bonds. The van der Waals surface area contributed by atoms with Crippen LogP contribution in [0, 0.1) is 6.92 Å². The Hall–Kier alpha value is -2.33. The summed E-state index contributed by atoms with van der Waals surface area (Å²) < 4.78 is 4.97. The van der Waals surface area contributed by atoms with Gasteiger partial charge in [0.25, 0.3) is 5.91 Å². The molecule has 0 aromatic heterocycles. The van der Waals surface area contributed by atoms with Gasteiger partial charge in [0, 0.05) is 23.7 Å². The summed E-state index contributed by atoms with van der Waals surface area (Å²) in [5.41, 5.74) is 2.64. The van der Waals surface area contributed by atoms with Crippen LogP contribution in [0.25, 0.3) is 0 Å². The number of hydrogen-bond acceptors (Lipinski definition) is 3. The van der Waals surface area contributed by atoms with Crippen molar-refractivity contribution in [3.05, 3.63) is 70.2 Å². The molecule has 2 aromatic carbocycles. The number of benzene rings is 2. The first-order valence-corrected chi connectivity index (χ1v) is 8.63. The molecule has 132 valence electrons. The molecule has 0 bridgehead atoms. The van der Waals surface area contributed by atoms with Gasteiger partial charge < -0.3 is 9.64 Å². The lowest BCUT2D eigenvalue weighted by atomic mass is 10.1. The summed E-state index contributed by atoms with van der Waals surface area (Å²) in [6.07, 6.45) is 0.166. The molecule has 0 unspecified atom stereocenters. The van der Waals surface area contributed by atoms with Crippen LogP contribution in [0.3, 0.4) is 0 Å². The normalized spacial score (nSPS) is 10.4. The SMILES string of the molecule is CCOC(=O)CCN(Cc1ccc(Cl)cc1)C(=O)c1ccc(C)cc1. The first-order chi connectivity index (χ1) is 12.0. The number of esters is 1. The second kappa shape index (κ2) is 9.23. The Morgan fingerprint density at radius 3 is 2.28 bits per heavy atom. The number of carbonyl (C=O) groups is 2. The summed E-state index contributed by atoms with van der Waals surface area (Å²) in [6.45, 7) is 4.78. The molecule has 0 aliphatic carbocycles. The maximum absolute atomic E-state index is 12.8. The molecule has 0 fully saturated rings. The van der Waals surface area contributed by atoms with Crippen LogP contribution in [-0.2, 0) is 16.1 Å². The van der Waals surface area contributed by atoms with E-state index in [9.17, 15) is 9.59 Å². The Bertz CT molecular complexity index is 711. The van der Waals surface area contributed by atoms with Gasteiger partial charge in [0.1, 0.15) is 0 Å². The third-order valence-electron chi connectivity index (χ3n) is 3.76. The minimum Gasteiger partial charge on any atom is -0.466 e. The van der Waals surface area contributed by atoms with Crippen LogP contribution in [-0.4, -0.2) is 29.9 Å². The Morgan fingerprint density at radius 2 is 1.68 bits per heavy atom. The van der Waals surface area contributed by atoms with Gasteiger partial charge in [0.05, 0.1) is 13.0 Å². The zero-order chi connectivity index (χ0) is 18.2. The molecule has 0 aliphatic rings. The van der Waals surface area contributed by atoms with E-state index in [-0.39, 0.29) is 18.3 Å². The molecule has 0 spiro atoms. The highest BCUT2D eigenvalue weighted by Gasteiger charge is 2.17. The highest BCUT2D eigenvalue weighted by Crippen LogP contribution is 2.15. The first kappa shape index (κ1) is 19.0. The summed E-state index contributed by atoms with van der Waals surface area (Å²) in [5, 5.41) is 0.645. The largest absolute Gasteiger partial charge is 0.466 e. The Kier molecular flexibility index (Phi) is 7.02. The molecule has 2 rings (SSSR count). The van der Waals surface area contributed by atoms with E-state index in [0.717, 1.165) is 11.1 Å². The lowest BCUT2D eigenvalue weighted by Crippen LogP contribution is -2.33. The second-order valence-corrected chi connectivity index (χ2v) is 6.21. The number of rotatable bonds is 7. The molecule has 0 radical (unpaired) electrons. The van der Waals surface area contributed by atoms with Crippen LogP contribution in [0.2, 0.25) is 5.02 Å². The van der Waals surface area contributed by atoms with Crippen molar-refractivity contribution in [1.82, 2.24) is 4.90 Å². The third kappa shape index (κ3) is 5.91. The van der Waals surface area contributed by atoms with Crippen LogP contribution in [0.4, 0.5) is 0 Å². The van der Waals surface area contributed by atoms with E-state index in [1.165, 1.54) is 0 Å². The van der Waals surface area contributed by atoms with Crippen LogP contribution in [0.1, 0.15) is 34.8 Å². The summed E-state index contributed by atoms with van der Waals surface area (Å²) in [5.74, 6) is -0.417. The van der Waals surface area contributed by atoms with Crippen molar-refractivity contribution in [2.45, 2.75) is 26.8 Å². The summed E-state index contributed by atoms with van der Waals surface area (Å²) in [7, 11) is 0. The van der Waals surface area contributed by atoms with Crippen molar-refractivity contribution in [3.63, 3.8) is 0 Å². The van der Waals surface area contributed by atoms with Crippen LogP contribution in [0.5, 0.6) is 0 Å². The van der Waals surface area contributed by atoms with Gasteiger partial charge in [-0.1, -0.05) is 41.4 Å². The first-order valence-electron chi connectivity index (χ1n) is 8.25. The Balaban J connectivity index is 2.14. The average Bonchev–Trinajstić information content (AvgIpc) is 2.60. The highest BCUT2D eigenvalue weighted by molar-refractivity contribution is 6.30. The maximum atomic E-state index is 12.8. The molecule has 2 aromatic rings. The smallest absolute Gasteiger partial charge is 0.307 e. The number of aryl methyl sites for hydroxylation is 1. The number of hydrogen-bond donors (Lipinski definition) is 0. The molecule has 0 aliphatic heterocycles. The molecule has 0 saturated carbocycles. The lowest BCUT2D eigenvalue weighted by molar-refractivity contribution is -0.143. The number of nitrogens with zero attached hydrogens (tertiary/aromatic N) is 1. The van der Waals surface area contributed by atoms with Crippen molar-refractivity contribution in [3.8, 4) is 0 Å². The standard InChI is InChI=1S/C20H22ClNO3/c1-3-25-19(23)12-13-22(14-16-6-10-18(21)11-7-16)20(24)17-8-4-15(2)5-9-17/h4-11H,3,12-14H2,1-2H3. The zero-order valence-corrected chi connectivity index (χ0v) is 15.3. The number of halogens is 1. The fraction of sp³-hybridized carbons (Fsp3) is 0.300. The van der Waals surface area contributed by atoms with E-state index in [2.05, 4.69) is 0 Å². The van der Waals surface area contributed by atoms with Gasteiger partial charge in [-0.05, 0) is 43.7 Å². The summed E-state index contributed by atoms with van der Waals surface area (Å²) >= 11 is 5.92. The van der Waals surface area contributed by atoms with Gasteiger partial charge in [-0.15, -0.1) is 0 Å². The van der Waals surface area contributed by atoms with Crippen molar-refractivity contribution in [2.75, 3.05) is 13.2 Å². The second-order valence-electron chi connectivity index (χ2n) is 5.77. The van der Waals surface area contributed by atoms with Gasteiger partial charge >= 0.3 is 5.97 Å². The van der Waals surface area contributed by atoms with Crippen molar-refractivity contribution >= 4 is 23.5 Å². The maximum Gasteiger partial charge on any atom is 0.307 e. The number of amides is 1. The van der Waals surface area contributed by atoms with Crippen LogP contribution < -0.4 is 0 Å². The number of carbonyl (C=O) groups excluding carboxylic acids is 2. The van der Waals surface area contributed by atoms with Crippen LogP contribution >= 0.6 is 11.6 Å². The van der Waals surface area contributed by atoms with Gasteiger partial charge in [-0.3, -0.25) is 9.59 Å². The third-order valence-corrected chi connectivity index (χ3v) is 4.02. The molecule has 0 N–H and O–H groups in total. The molecular weight excluding hydrogens is 338 g/mol. The van der Waals surface area contributed by atoms with E-state index in [1.54, 1.807) is 36.1 Å². The van der Waals surface area contributed by atoms with Gasteiger partial charge in [0.15, 0.2) is 0 Å². The molecular formula is C20H22ClNO3. The minimum atomic E-state index is -0.305. The summed E-state index contributed by atoms with van der Waals surface area (Å²) in [6, 6.07) is 14.7. The van der Waals surface area contributed by atoms with Crippen LogP contribution in [0.15, 0.2) is 48.5 Å². The van der Waals surface area contributed by atoms with Gasteiger partial charge in [-0.2, -0.15) is 0 Å². The number of ether oxygens (including phenoxy) is 1. The molecule has 25 heavy (non-hydrogen) atoms. The quantitative estimate of drug-likeness (QED) is 0.694. The predicted molar refractivity (Wildman–Crippen MR) is 98.6 cm³/mol. The molecule has 0 saturated heterocycles. The van der Waals surface area contributed by atoms with E-state index in [0.29, 0.717) is 30.3 Å². The summed E-state index contributed by atoms with van der Waals surface area (Å²) in [4.78, 5) is 26.2. The molecule has 0 heterocycles. The lowest BCUT2D eigenvalue weighted by Gasteiger charge is -2.23. The topological polar surface area (TPSA) is 46.6 Å². The average molecular weight is 360 g/mol. The highest BCUT2D eigenvalue weighted by atomic mass is 35.5. The molecule has 5 heteroatoms. The van der Waals surface area contributed by atoms with E-state index < -0.39 is 0 Å². The van der Waals surface area contributed by atoms with Crippen molar-refractivity contribution in [2.24, 2.45) is 0 Å². The Morgan fingerprint density at radius 1 is 1.04 bits per heavy atom. The van der Waals surface area contributed by atoms with Gasteiger partial charge in [-0.25, -0.2) is 0 Å². The predicted octanol–water partition coefficient (Wildman–Crippen LogP) is 4.24. The van der Waals surface area contributed by atoms with Crippen molar-refractivity contribution < 1.29 is 14.3 Å². The fourth-order valence-corrected chi connectivity index (χ4v) is 2.53. The van der Waals surface area contributed by atoms with Crippen molar-refractivity contribution in [1.29, 1.82) is 0 Å². The van der Waals surface area contributed by atoms with Gasteiger partial charge in [0.2, 0.25) is 0 Å². The minimum absolute atomic E-state index is 0.112. The monoisotopic (exact) mass is 359 g/mol. The van der Waals surface area contributed by atoms with E-state index in [1.807, 2.05) is 31.2 Å². The van der Waals surface area contributed by atoms with E-state index in [4.69, 9.17) is 16.3 Å². The molecule has 4 nitrogen and oxygen atoms in total.